The van der Waals surface area contributed by atoms with Crippen molar-refractivity contribution in [1.29, 1.82) is 0 Å². The Hall–Kier alpha value is -1.59. The van der Waals surface area contributed by atoms with Crippen molar-refractivity contribution in [2.24, 2.45) is 0 Å². The summed E-state index contributed by atoms with van der Waals surface area (Å²) in [4.78, 5) is 8.18. The minimum atomic E-state index is 0.0378. The van der Waals surface area contributed by atoms with Crippen molar-refractivity contribution in [3.05, 3.63) is 41.2 Å². The smallest absolute Gasteiger partial charge is 0.216 e. The van der Waals surface area contributed by atoms with E-state index in [1.165, 1.54) is 6.33 Å². The first-order chi connectivity index (χ1) is 8.74. The van der Waals surface area contributed by atoms with Gasteiger partial charge in [-0.1, -0.05) is 0 Å². The van der Waals surface area contributed by atoms with E-state index in [1.54, 1.807) is 19.4 Å². The molecule has 18 heavy (non-hydrogen) atoms. The van der Waals surface area contributed by atoms with Gasteiger partial charge in [-0.05, 0) is 24.7 Å². The van der Waals surface area contributed by atoms with Gasteiger partial charge in [0.2, 0.25) is 5.88 Å². The predicted octanol–water partition coefficient (Wildman–Crippen LogP) is 2.23. The minimum absolute atomic E-state index is 0.0378. The number of halogens is 1. The third-order valence-electron chi connectivity index (χ3n) is 2.69. The molecule has 1 N–H and O–H groups in total. The lowest BCUT2D eigenvalue weighted by atomic mass is 10.1. The van der Waals surface area contributed by atoms with Gasteiger partial charge in [-0.3, -0.25) is 0 Å². The summed E-state index contributed by atoms with van der Waals surface area (Å²) < 4.78 is 10.2. The van der Waals surface area contributed by atoms with E-state index in [1.807, 2.05) is 13.1 Å². The number of likely N-dealkylation sites (N-methyl/N-ethyl adjacent to an activating group) is 1. The summed E-state index contributed by atoms with van der Waals surface area (Å²) in [5.41, 5.74) is 1.79. The summed E-state index contributed by atoms with van der Waals surface area (Å²) in [6.45, 7) is 0. The molecule has 0 fully saturated rings. The topological polar surface area (TPSA) is 60.2 Å². The first-order valence-corrected chi connectivity index (χ1v) is 5.87. The summed E-state index contributed by atoms with van der Waals surface area (Å²) in [6.07, 6.45) is 3.73. The van der Waals surface area contributed by atoms with Gasteiger partial charge in [0, 0.05) is 29.8 Å². The molecule has 1 atom stereocenters. The number of aromatic nitrogens is 2. The Labute approximate surface area is 110 Å². The molecule has 2 rings (SSSR count). The summed E-state index contributed by atoms with van der Waals surface area (Å²) in [7, 11) is 3.45. The molecule has 0 radical (unpaired) electrons. The molecule has 1 unspecified atom stereocenters. The van der Waals surface area contributed by atoms with E-state index < -0.39 is 0 Å². The van der Waals surface area contributed by atoms with Crippen molar-refractivity contribution in [2.45, 2.75) is 12.5 Å². The van der Waals surface area contributed by atoms with Crippen LogP contribution in [0.3, 0.4) is 0 Å². The van der Waals surface area contributed by atoms with Crippen LogP contribution < -0.4 is 10.1 Å². The Morgan fingerprint density at radius 1 is 1.50 bits per heavy atom. The number of nitrogens with zero attached hydrogens (tertiary/aromatic N) is 2. The largest absolute Gasteiger partial charge is 0.481 e. The fourth-order valence-corrected chi connectivity index (χ4v) is 1.98. The highest BCUT2D eigenvalue weighted by Gasteiger charge is 2.16. The van der Waals surface area contributed by atoms with Gasteiger partial charge in [-0.2, -0.15) is 0 Å². The number of methoxy groups -OCH3 is 1. The van der Waals surface area contributed by atoms with Crippen molar-refractivity contribution >= 4 is 11.6 Å². The molecule has 2 aromatic heterocycles. The lowest BCUT2D eigenvalue weighted by Gasteiger charge is -2.14. The molecule has 96 valence electrons. The van der Waals surface area contributed by atoms with Crippen LogP contribution in [0.25, 0.3) is 0 Å². The zero-order chi connectivity index (χ0) is 13.0. The number of hydrogen-bond donors (Lipinski definition) is 1. The zero-order valence-electron chi connectivity index (χ0n) is 10.2. The van der Waals surface area contributed by atoms with Gasteiger partial charge in [0.25, 0.3) is 0 Å². The van der Waals surface area contributed by atoms with Crippen LogP contribution in [0.2, 0.25) is 5.22 Å². The second-order valence-corrected chi connectivity index (χ2v) is 4.09. The summed E-state index contributed by atoms with van der Waals surface area (Å²) >= 11 is 5.97. The second-order valence-electron chi connectivity index (χ2n) is 3.75. The number of ether oxygens (including phenoxy) is 1. The van der Waals surface area contributed by atoms with Crippen molar-refractivity contribution in [3.8, 4) is 5.88 Å². The molecule has 2 heterocycles. The fraction of sp³-hybridized carbons (Fsp3) is 0.333. The van der Waals surface area contributed by atoms with E-state index >= 15 is 0 Å². The van der Waals surface area contributed by atoms with E-state index in [4.69, 9.17) is 20.8 Å². The van der Waals surface area contributed by atoms with E-state index in [2.05, 4.69) is 15.3 Å². The van der Waals surface area contributed by atoms with Crippen molar-refractivity contribution < 1.29 is 9.15 Å². The minimum Gasteiger partial charge on any atom is -0.481 e. The predicted molar refractivity (Wildman–Crippen MR) is 67.8 cm³/mol. The van der Waals surface area contributed by atoms with Crippen molar-refractivity contribution in [1.82, 2.24) is 15.3 Å². The monoisotopic (exact) mass is 267 g/mol. The third-order valence-corrected chi connectivity index (χ3v) is 3.00. The average Bonchev–Trinajstić information content (AvgIpc) is 2.82. The maximum Gasteiger partial charge on any atom is 0.216 e. The van der Waals surface area contributed by atoms with Gasteiger partial charge in [-0.15, -0.1) is 0 Å². The quantitative estimate of drug-likeness (QED) is 0.900. The van der Waals surface area contributed by atoms with Crippen LogP contribution in [-0.4, -0.2) is 24.1 Å². The molecule has 0 spiro atoms. The Balaban J connectivity index is 2.18. The maximum atomic E-state index is 5.97. The van der Waals surface area contributed by atoms with E-state index in [9.17, 15) is 0 Å². The van der Waals surface area contributed by atoms with E-state index in [0.29, 0.717) is 17.5 Å². The molecule has 0 saturated carbocycles. The number of rotatable bonds is 5. The number of furan rings is 1. The highest BCUT2D eigenvalue weighted by molar-refractivity contribution is 6.29. The van der Waals surface area contributed by atoms with Gasteiger partial charge in [-0.25, -0.2) is 9.97 Å². The normalized spacial score (nSPS) is 12.4. The molecular formula is C12H14ClN3O2. The van der Waals surface area contributed by atoms with Gasteiger partial charge in [0.05, 0.1) is 13.4 Å². The molecule has 6 heteroatoms. The Morgan fingerprint density at radius 2 is 2.33 bits per heavy atom. The van der Waals surface area contributed by atoms with E-state index in [0.717, 1.165) is 11.3 Å². The molecule has 0 aliphatic rings. The summed E-state index contributed by atoms with van der Waals surface area (Å²) in [5, 5.41) is 3.58. The van der Waals surface area contributed by atoms with Crippen LogP contribution in [0.15, 0.2) is 29.1 Å². The molecular weight excluding hydrogens is 254 g/mol. The summed E-state index contributed by atoms with van der Waals surface area (Å²) in [6, 6.07) is 3.69. The van der Waals surface area contributed by atoms with Crippen molar-refractivity contribution in [2.75, 3.05) is 14.2 Å². The molecule has 0 aromatic carbocycles. The van der Waals surface area contributed by atoms with E-state index in [-0.39, 0.29) is 6.04 Å². The highest BCUT2D eigenvalue weighted by atomic mass is 35.5. The van der Waals surface area contributed by atoms with Crippen LogP contribution >= 0.6 is 11.6 Å². The molecule has 5 nitrogen and oxygen atoms in total. The number of hydrogen-bond acceptors (Lipinski definition) is 5. The van der Waals surface area contributed by atoms with Crippen molar-refractivity contribution in [3.63, 3.8) is 0 Å². The Morgan fingerprint density at radius 3 is 2.94 bits per heavy atom. The SMILES string of the molecule is CNC(Cc1cc(OC)ncn1)c1ccoc1Cl. The van der Waals surface area contributed by atoms with Gasteiger partial charge in [0.1, 0.15) is 6.33 Å². The molecule has 0 aliphatic carbocycles. The van der Waals surface area contributed by atoms with Gasteiger partial charge >= 0.3 is 0 Å². The van der Waals surface area contributed by atoms with Crippen LogP contribution in [0.5, 0.6) is 5.88 Å². The third kappa shape index (κ3) is 2.80. The second kappa shape index (κ2) is 5.84. The summed E-state index contributed by atoms with van der Waals surface area (Å²) in [5.74, 6) is 0.549. The standard InChI is InChI=1S/C12H14ClN3O2/c1-14-10(9-3-4-18-12(9)13)5-8-6-11(17-2)16-7-15-8/h3-4,6-7,10,14H,5H2,1-2H3. The van der Waals surface area contributed by atoms with Crippen LogP contribution in [0.4, 0.5) is 0 Å². The molecule has 2 aromatic rings. The van der Waals surface area contributed by atoms with Crippen LogP contribution in [-0.2, 0) is 6.42 Å². The Bertz CT molecular complexity index is 516. The molecule has 0 saturated heterocycles. The Kier molecular flexibility index (Phi) is 4.17. The lowest BCUT2D eigenvalue weighted by Crippen LogP contribution is -2.19. The van der Waals surface area contributed by atoms with Gasteiger partial charge < -0.3 is 14.5 Å². The number of nitrogens with one attached hydrogen (secondary N) is 1. The lowest BCUT2D eigenvalue weighted by molar-refractivity contribution is 0.395. The van der Waals surface area contributed by atoms with Crippen LogP contribution in [0, 0.1) is 0 Å². The highest BCUT2D eigenvalue weighted by Crippen LogP contribution is 2.26. The first-order valence-electron chi connectivity index (χ1n) is 5.49. The first kappa shape index (κ1) is 12.9. The molecule has 0 bridgehead atoms. The van der Waals surface area contributed by atoms with Crippen LogP contribution in [0.1, 0.15) is 17.3 Å². The van der Waals surface area contributed by atoms with Gasteiger partial charge in [0.15, 0.2) is 5.22 Å². The molecule has 0 aliphatic heterocycles. The maximum absolute atomic E-state index is 5.97. The molecule has 0 amide bonds. The fourth-order valence-electron chi connectivity index (χ4n) is 1.73. The average molecular weight is 268 g/mol. The zero-order valence-corrected chi connectivity index (χ0v) is 10.9.